The first-order chi connectivity index (χ1) is 17.0. The molecular weight excluding hydrogens is 454 g/mol. The van der Waals surface area contributed by atoms with Crippen molar-refractivity contribution in [2.24, 2.45) is 5.92 Å². The third-order valence-corrected chi connectivity index (χ3v) is 6.03. The zero-order valence-electron chi connectivity index (χ0n) is 21.6. The molecule has 190 valence electrons. The van der Waals surface area contributed by atoms with E-state index < -0.39 is 23.8 Å². The lowest BCUT2D eigenvalue weighted by molar-refractivity contribution is -0.143. The molecule has 36 heavy (non-hydrogen) atoms. The number of ether oxygens (including phenoxy) is 1. The molecule has 0 aliphatic heterocycles. The molecule has 1 aliphatic rings. The summed E-state index contributed by atoms with van der Waals surface area (Å²) < 4.78 is 5.33. The Balaban J connectivity index is 1.93. The molecule has 0 aromatic heterocycles. The molecular formula is C29H35N3O4. The third-order valence-electron chi connectivity index (χ3n) is 6.03. The highest BCUT2D eigenvalue weighted by atomic mass is 16.6. The monoisotopic (exact) mass is 489 g/mol. The molecule has 3 amide bonds. The Morgan fingerprint density at radius 1 is 1.11 bits per heavy atom. The van der Waals surface area contributed by atoms with Crippen molar-refractivity contribution in [3.8, 4) is 12.3 Å². The van der Waals surface area contributed by atoms with Crippen LogP contribution in [0.15, 0.2) is 54.6 Å². The molecule has 4 unspecified atom stereocenters. The molecule has 4 atom stereocenters. The van der Waals surface area contributed by atoms with Gasteiger partial charge in [-0.15, -0.1) is 6.42 Å². The summed E-state index contributed by atoms with van der Waals surface area (Å²) in [5, 5.41) is 5.60. The Bertz CT molecular complexity index is 1130. The van der Waals surface area contributed by atoms with Crippen LogP contribution in [0.2, 0.25) is 0 Å². The highest BCUT2D eigenvalue weighted by Crippen LogP contribution is 2.41. The van der Waals surface area contributed by atoms with Crippen molar-refractivity contribution in [3.05, 3.63) is 71.3 Å². The predicted octanol–water partition coefficient (Wildman–Crippen LogP) is 4.18. The zero-order valence-corrected chi connectivity index (χ0v) is 21.6. The normalized spacial score (nSPS) is 18.2. The largest absolute Gasteiger partial charge is 0.444 e. The van der Waals surface area contributed by atoms with Crippen LogP contribution in [0.4, 0.5) is 4.79 Å². The topological polar surface area (TPSA) is 87.7 Å². The van der Waals surface area contributed by atoms with Crippen molar-refractivity contribution in [2.45, 2.75) is 71.3 Å². The summed E-state index contributed by atoms with van der Waals surface area (Å²) in [6.45, 7) is 9.19. The van der Waals surface area contributed by atoms with Gasteiger partial charge in [0.1, 0.15) is 17.7 Å². The summed E-state index contributed by atoms with van der Waals surface area (Å²) in [6.07, 6.45) is 5.84. The molecule has 0 bridgehead atoms. The molecule has 0 radical (unpaired) electrons. The van der Waals surface area contributed by atoms with Gasteiger partial charge in [0.2, 0.25) is 11.8 Å². The predicted molar refractivity (Wildman–Crippen MR) is 139 cm³/mol. The Labute approximate surface area is 213 Å². The fourth-order valence-corrected chi connectivity index (χ4v) is 4.11. The van der Waals surface area contributed by atoms with E-state index in [-0.39, 0.29) is 23.8 Å². The number of nitrogens with zero attached hydrogens (tertiary/aromatic N) is 1. The van der Waals surface area contributed by atoms with E-state index in [1.54, 1.807) is 56.9 Å². The molecule has 3 rings (SSSR count). The van der Waals surface area contributed by atoms with E-state index in [2.05, 4.69) is 16.6 Å². The average molecular weight is 490 g/mol. The number of nitrogens with one attached hydrogen (secondary N) is 2. The van der Waals surface area contributed by atoms with Crippen molar-refractivity contribution in [1.82, 2.24) is 15.5 Å². The fraction of sp³-hybridized carbons (Fsp3) is 0.414. The molecule has 0 heterocycles. The summed E-state index contributed by atoms with van der Waals surface area (Å²) in [6, 6.07) is 14.7. The molecule has 0 spiro atoms. The van der Waals surface area contributed by atoms with E-state index in [4.69, 9.17) is 11.2 Å². The number of hydrogen-bond donors (Lipinski definition) is 2. The number of rotatable bonds is 8. The Morgan fingerprint density at radius 3 is 2.31 bits per heavy atom. The van der Waals surface area contributed by atoms with Crippen LogP contribution in [-0.2, 0) is 20.9 Å². The van der Waals surface area contributed by atoms with Crippen molar-refractivity contribution >= 4 is 17.9 Å². The van der Waals surface area contributed by atoms with Gasteiger partial charge in [-0.1, -0.05) is 61.4 Å². The maximum absolute atomic E-state index is 13.8. The number of terminal acetylenes is 1. The standard InChI is InChI=1S/C29H35N3O4/c1-7-22-15-11-12-16-23(22)25(26(33)30-18-21-13-9-8-10-14-21)32(24-17-19(24)2)27(34)20(3)31-28(35)36-29(4,5)6/h1,8-16,19-20,24-25H,17-18H2,2-6H3,(H,30,33)(H,31,35). The van der Waals surface area contributed by atoms with E-state index in [1.807, 2.05) is 37.3 Å². The van der Waals surface area contributed by atoms with Gasteiger partial charge in [-0.2, -0.15) is 0 Å². The zero-order chi connectivity index (χ0) is 26.5. The smallest absolute Gasteiger partial charge is 0.408 e. The minimum atomic E-state index is -0.953. The van der Waals surface area contributed by atoms with E-state index in [9.17, 15) is 14.4 Å². The van der Waals surface area contributed by atoms with Crippen LogP contribution in [0.1, 0.15) is 63.8 Å². The maximum atomic E-state index is 13.8. The molecule has 2 aromatic carbocycles. The SMILES string of the molecule is C#Cc1ccccc1C(C(=O)NCc1ccccc1)N(C(=O)C(C)NC(=O)OC(C)(C)C)C1CC1C. The van der Waals surface area contributed by atoms with Gasteiger partial charge in [0.05, 0.1) is 0 Å². The summed E-state index contributed by atoms with van der Waals surface area (Å²) in [4.78, 5) is 41.5. The van der Waals surface area contributed by atoms with Crippen LogP contribution in [0.3, 0.4) is 0 Å². The lowest BCUT2D eigenvalue weighted by Gasteiger charge is -2.34. The molecule has 1 fully saturated rings. The van der Waals surface area contributed by atoms with Crippen LogP contribution in [-0.4, -0.2) is 40.5 Å². The Hall–Kier alpha value is -3.79. The maximum Gasteiger partial charge on any atom is 0.408 e. The first-order valence-corrected chi connectivity index (χ1v) is 12.2. The summed E-state index contributed by atoms with van der Waals surface area (Å²) >= 11 is 0. The number of carbonyl (C=O) groups excluding carboxylic acids is 3. The number of benzene rings is 2. The second kappa shape index (κ2) is 11.3. The molecule has 1 aliphatic carbocycles. The molecule has 1 saturated carbocycles. The second-order valence-electron chi connectivity index (χ2n) is 10.2. The van der Waals surface area contributed by atoms with Gasteiger partial charge in [0, 0.05) is 18.2 Å². The van der Waals surface area contributed by atoms with Gasteiger partial charge < -0.3 is 20.3 Å². The second-order valence-corrected chi connectivity index (χ2v) is 10.2. The van der Waals surface area contributed by atoms with Crippen molar-refractivity contribution in [2.75, 3.05) is 0 Å². The van der Waals surface area contributed by atoms with Gasteiger partial charge in [0.25, 0.3) is 0 Å². The quantitative estimate of drug-likeness (QED) is 0.545. The van der Waals surface area contributed by atoms with Crippen LogP contribution in [0.5, 0.6) is 0 Å². The van der Waals surface area contributed by atoms with E-state index >= 15 is 0 Å². The van der Waals surface area contributed by atoms with Gasteiger partial charge in [0.15, 0.2) is 0 Å². The van der Waals surface area contributed by atoms with E-state index in [0.29, 0.717) is 17.7 Å². The molecule has 7 heteroatoms. The van der Waals surface area contributed by atoms with Gasteiger partial charge >= 0.3 is 6.09 Å². The highest BCUT2D eigenvalue weighted by Gasteiger charge is 2.48. The van der Waals surface area contributed by atoms with Gasteiger partial charge in [-0.3, -0.25) is 9.59 Å². The summed E-state index contributed by atoms with van der Waals surface area (Å²) in [5.41, 5.74) is 1.34. The Morgan fingerprint density at radius 2 is 1.72 bits per heavy atom. The summed E-state index contributed by atoms with van der Waals surface area (Å²) in [7, 11) is 0. The minimum absolute atomic E-state index is 0.154. The molecule has 0 saturated heterocycles. The minimum Gasteiger partial charge on any atom is -0.444 e. The summed E-state index contributed by atoms with van der Waals surface area (Å²) in [5.74, 6) is 2.15. The van der Waals surface area contributed by atoms with E-state index in [0.717, 1.165) is 12.0 Å². The lowest BCUT2D eigenvalue weighted by atomic mass is 9.97. The molecule has 2 N–H and O–H groups in total. The van der Waals surface area contributed by atoms with Gasteiger partial charge in [-0.05, 0) is 57.2 Å². The number of amides is 3. The fourth-order valence-electron chi connectivity index (χ4n) is 4.11. The Kier molecular flexibility index (Phi) is 8.41. The molecule has 7 nitrogen and oxygen atoms in total. The van der Waals surface area contributed by atoms with Crippen LogP contribution >= 0.6 is 0 Å². The van der Waals surface area contributed by atoms with Crippen molar-refractivity contribution in [1.29, 1.82) is 0 Å². The highest BCUT2D eigenvalue weighted by molar-refractivity contribution is 5.92. The van der Waals surface area contributed by atoms with Crippen molar-refractivity contribution in [3.63, 3.8) is 0 Å². The van der Waals surface area contributed by atoms with Crippen molar-refractivity contribution < 1.29 is 19.1 Å². The first kappa shape index (κ1) is 26.8. The number of hydrogen-bond acceptors (Lipinski definition) is 4. The lowest BCUT2D eigenvalue weighted by Crippen LogP contribution is -2.53. The van der Waals surface area contributed by atoms with Crippen LogP contribution < -0.4 is 10.6 Å². The number of carbonyl (C=O) groups is 3. The van der Waals surface area contributed by atoms with Crippen LogP contribution in [0.25, 0.3) is 0 Å². The van der Waals surface area contributed by atoms with Crippen LogP contribution in [0, 0.1) is 18.3 Å². The average Bonchev–Trinajstić information content (AvgIpc) is 3.55. The van der Waals surface area contributed by atoms with Gasteiger partial charge in [-0.25, -0.2) is 4.79 Å². The molecule has 2 aromatic rings. The third kappa shape index (κ3) is 6.88. The van der Waals surface area contributed by atoms with E-state index in [1.165, 1.54) is 0 Å². The number of alkyl carbamates (subject to hydrolysis) is 1. The first-order valence-electron chi connectivity index (χ1n) is 12.2.